The quantitative estimate of drug-likeness (QED) is 0.474. The van der Waals surface area contributed by atoms with Crippen molar-refractivity contribution in [3.05, 3.63) is 10.4 Å². The molecule has 0 saturated carbocycles. The fourth-order valence-electron chi connectivity index (χ4n) is 2.60. The zero-order valence-electron chi connectivity index (χ0n) is 12.5. The summed E-state index contributed by atoms with van der Waals surface area (Å²) < 4.78 is 0. The van der Waals surface area contributed by atoms with Crippen LogP contribution < -0.4 is 0 Å². The number of thiophene rings is 1. The summed E-state index contributed by atoms with van der Waals surface area (Å²) in [6, 6.07) is 0. The van der Waals surface area contributed by atoms with Gasteiger partial charge in [-0.15, -0.1) is 23.1 Å². The van der Waals surface area contributed by atoms with Crippen molar-refractivity contribution in [3.63, 3.8) is 0 Å². The summed E-state index contributed by atoms with van der Waals surface area (Å²) in [5.74, 6) is 0. The Bertz CT molecular complexity index is 663. The van der Waals surface area contributed by atoms with E-state index in [1.807, 2.05) is 17.6 Å². The predicted octanol–water partition coefficient (Wildman–Crippen LogP) is 3.90. The highest BCUT2D eigenvalue weighted by Crippen LogP contribution is 2.42. The minimum atomic E-state index is 0.203. The van der Waals surface area contributed by atoms with Crippen LogP contribution in [0.4, 0.5) is 0 Å². The van der Waals surface area contributed by atoms with Crippen molar-refractivity contribution in [1.82, 2.24) is 14.9 Å². The van der Waals surface area contributed by atoms with Gasteiger partial charge >= 0.3 is 0 Å². The molecule has 1 aliphatic heterocycles. The molecule has 20 heavy (non-hydrogen) atoms. The lowest BCUT2D eigenvalue weighted by molar-refractivity contribution is 0.136. The predicted molar refractivity (Wildman–Crippen MR) is 90.2 cm³/mol. The molecule has 0 unspecified atom stereocenters. The van der Waals surface area contributed by atoms with E-state index in [-0.39, 0.29) is 5.54 Å². The maximum Gasteiger partial charge on any atom is 0.189 e. The normalized spacial score (nSPS) is 18.4. The van der Waals surface area contributed by atoms with Crippen LogP contribution in [0.2, 0.25) is 0 Å². The van der Waals surface area contributed by atoms with E-state index in [1.54, 1.807) is 23.5 Å². The molecule has 6 heteroatoms. The number of fused-ring (bicyclic) bond motifs is 3. The molecule has 0 saturated heterocycles. The Kier molecular flexibility index (Phi) is 3.77. The molecule has 2 aromatic rings. The maximum absolute atomic E-state index is 4.72. The number of aromatic nitrogens is 2. The second-order valence-corrected chi connectivity index (χ2v) is 8.40. The number of likely N-dealkylation sites (N-methyl/N-ethyl adjacent to an activating group) is 1. The summed E-state index contributed by atoms with van der Waals surface area (Å²) in [6.07, 6.45) is 5.22. The van der Waals surface area contributed by atoms with Gasteiger partial charge in [-0.2, -0.15) is 0 Å². The lowest BCUT2D eigenvalue weighted by atomic mass is 9.89. The zero-order valence-corrected chi connectivity index (χ0v) is 14.9. The van der Waals surface area contributed by atoms with Gasteiger partial charge in [0.1, 0.15) is 9.86 Å². The van der Waals surface area contributed by atoms with Gasteiger partial charge in [-0.1, -0.05) is 11.8 Å². The molecular weight excluding hydrogens is 306 g/mol. The Balaban J connectivity index is 2.24. The van der Waals surface area contributed by atoms with E-state index in [9.17, 15) is 0 Å². The maximum atomic E-state index is 4.72. The molecule has 2 aromatic heterocycles. The number of hydrogen-bond donors (Lipinski definition) is 0. The minimum Gasteiger partial charge on any atom is -0.296 e. The van der Waals surface area contributed by atoms with Crippen LogP contribution in [0.1, 0.15) is 24.3 Å². The fraction of sp³-hybridized carbons (Fsp3) is 0.571. The standard InChI is InChI=1S/C14H19N3S3/c1-14(2)6-8-9(7-17(14)3)20-12-10(8)11(18-4)15-13(16-12)19-5/h6-7H2,1-5H3. The molecule has 1 aliphatic rings. The Morgan fingerprint density at radius 1 is 1.20 bits per heavy atom. The molecule has 0 bridgehead atoms. The second kappa shape index (κ2) is 5.16. The van der Waals surface area contributed by atoms with E-state index in [2.05, 4.69) is 32.1 Å². The Hall–Kier alpha value is -0.300. The molecule has 3 rings (SSSR count). The third-order valence-corrected chi connectivity index (χ3v) is 6.42. The third-order valence-electron chi connectivity index (χ3n) is 4.08. The molecule has 0 aliphatic carbocycles. The van der Waals surface area contributed by atoms with Crippen LogP contribution in [0.25, 0.3) is 10.2 Å². The van der Waals surface area contributed by atoms with Crippen molar-refractivity contribution in [2.75, 3.05) is 19.6 Å². The molecule has 0 amide bonds. The number of thioether (sulfide) groups is 2. The number of nitrogens with zero attached hydrogens (tertiary/aromatic N) is 3. The van der Waals surface area contributed by atoms with Crippen molar-refractivity contribution in [3.8, 4) is 0 Å². The molecule has 0 atom stereocenters. The summed E-state index contributed by atoms with van der Waals surface area (Å²) in [5.41, 5.74) is 1.68. The van der Waals surface area contributed by atoms with Gasteiger partial charge < -0.3 is 0 Å². The fourth-order valence-corrected chi connectivity index (χ4v) is 4.99. The molecule has 0 spiro atoms. The van der Waals surface area contributed by atoms with Crippen LogP contribution in [0, 0.1) is 0 Å². The van der Waals surface area contributed by atoms with Crippen molar-refractivity contribution in [2.24, 2.45) is 0 Å². The molecule has 0 fully saturated rings. The van der Waals surface area contributed by atoms with Gasteiger partial charge in [0.15, 0.2) is 5.16 Å². The van der Waals surface area contributed by atoms with Crippen LogP contribution in [0.15, 0.2) is 10.2 Å². The first-order valence-electron chi connectivity index (χ1n) is 6.58. The number of hydrogen-bond acceptors (Lipinski definition) is 6. The van der Waals surface area contributed by atoms with E-state index in [0.29, 0.717) is 0 Å². The molecule has 0 N–H and O–H groups in total. The molecule has 0 radical (unpaired) electrons. The van der Waals surface area contributed by atoms with E-state index in [4.69, 9.17) is 9.97 Å². The first-order valence-corrected chi connectivity index (χ1v) is 9.84. The summed E-state index contributed by atoms with van der Waals surface area (Å²) in [6.45, 7) is 5.65. The highest BCUT2D eigenvalue weighted by Gasteiger charge is 2.33. The van der Waals surface area contributed by atoms with Crippen LogP contribution in [0.5, 0.6) is 0 Å². The number of rotatable bonds is 2. The molecular formula is C14H19N3S3. The Morgan fingerprint density at radius 3 is 2.60 bits per heavy atom. The van der Waals surface area contributed by atoms with E-state index >= 15 is 0 Å². The molecule has 108 valence electrons. The summed E-state index contributed by atoms with van der Waals surface area (Å²) in [4.78, 5) is 14.5. The first-order chi connectivity index (χ1) is 9.46. The average Bonchev–Trinajstić information content (AvgIpc) is 2.74. The summed E-state index contributed by atoms with van der Waals surface area (Å²) >= 11 is 5.20. The van der Waals surface area contributed by atoms with Crippen LogP contribution in [0.3, 0.4) is 0 Å². The van der Waals surface area contributed by atoms with E-state index in [0.717, 1.165) is 28.0 Å². The zero-order chi connectivity index (χ0) is 14.5. The van der Waals surface area contributed by atoms with Gasteiger partial charge in [-0.05, 0) is 45.4 Å². The molecule has 3 heterocycles. The topological polar surface area (TPSA) is 29.0 Å². The lowest BCUT2D eigenvalue weighted by Gasteiger charge is -2.39. The highest BCUT2D eigenvalue weighted by molar-refractivity contribution is 7.99. The monoisotopic (exact) mass is 325 g/mol. The van der Waals surface area contributed by atoms with Crippen LogP contribution in [-0.4, -0.2) is 40.0 Å². The Labute approximate surface area is 132 Å². The highest BCUT2D eigenvalue weighted by atomic mass is 32.2. The van der Waals surface area contributed by atoms with Crippen molar-refractivity contribution >= 4 is 45.1 Å². The van der Waals surface area contributed by atoms with Gasteiger partial charge in [0.05, 0.1) is 0 Å². The van der Waals surface area contributed by atoms with Gasteiger partial charge in [-0.25, -0.2) is 9.97 Å². The first kappa shape index (κ1) is 14.6. The SMILES string of the molecule is CSc1nc(SC)c2c3c(sc2n1)CN(C)C(C)(C)C3. The van der Waals surface area contributed by atoms with Crippen LogP contribution >= 0.6 is 34.9 Å². The largest absolute Gasteiger partial charge is 0.296 e. The van der Waals surface area contributed by atoms with Crippen molar-refractivity contribution in [2.45, 2.75) is 42.5 Å². The van der Waals surface area contributed by atoms with Gasteiger partial charge in [0, 0.05) is 22.3 Å². The van der Waals surface area contributed by atoms with E-state index < -0.39 is 0 Å². The second-order valence-electron chi connectivity index (χ2n) is 5.75. The van der Waals surface area contributed by atoms with Gasteiger partial charge in [0.25, 0.3) is 0 Å². The summed E-state index contributed by atoms with van der Waals surface area (Å²) in [7, 11) is 2.21. The smallest absolute Gasteiger partial charge is 0.189 e. The Morgan fingerprint density at radius 2 is 1.95 bits per heavy atom. The van der Waals surface area contributed by atoms with Crippen molar-refractivity contribution in [1.29, 1.82) is 0 Å². The van der Waals surface area contributed by atoms with Gasteiger partial charge in [0.2, 0.25) is 0 Å². The van der Waals surface area contributed by atoms with Gasteiger partial charge in [-0.3, -0.25) is 4.90 Å². The minimum absolute atomic E-state index is 0.203. The summed E-state index contributed by atoms with van der Waals surface area (Å²) in [5, 5.41) is 3.32. The third kappa shape index (κ3) is 2.26. The van der Waals surface area contributed by atoms with E-state index in [1.165, 1.54) is 15.8 Å². The molecule has 3 nitrogen and oxygen atoms in total. The van der Waals surface area contributed by atoms with Crippen LogP contribution in [-0.2, 0) is 13.0 Å². The molecule has 0 aromatic carbocycles. The lowest BCUT2D eigenvalue weighted by Crippen LogP contribution is -2.45. The average molecular weight is 326 g/mol. The van der Waals surface area contributed by atoms with Crippen molar-refractivity contribution < 1.29 is 0 Å².